The fourth-order valence-corrected chi connectivity index (χ4v) is 4.76. The first-order chi connectivity index (χ1) is 7.62. The second-order valence-corrected chi connectivity index (χ2v) is 6.92. The number of sulfone groups is 1. The van der Waals surface area contributed by atoms with E-state index in [1.807, 2.05) is 6.07 Å². The Morgan fingerprint density at radius 2 is 1.69 bits per heavy atom. The largest absolute Gasteiger partial charge is 0.223 e. The molecule has 0 unspecified atom stereocenters. The van der Waals surface area contributed by atoms with E-state index in [1.165, 1.54) is 0 Å². The molecule has 0 aliphatic heterocycles. The van der Waals surface area contributed by atoms with E-state index in [0.717, 1.165) is 19.3 Å². The molecule has 88 valence electrons. The fourth-order valence-electron chi connectivity index (χ4n) is 2.19. The maximum atomic E-state index is 12.3. The van der Waals surface area contributed by atoms with E-state index < -0.39 is 15.1 Å². The van der Waals surface area contributed by atoms with Crippen LogP contribution in [0.25, 0.3) is 0 Å². The number of hydrogen-bond donors (Lipinski definition) is 0. The lowest BCUT2D eigenvalue weighted by molar-refractivity contribution is 0.489. The van der Waals surface area contributed by atoms with Crippen molar-refractivity contribution in [3.63, 3.8) is 0 Å². The third-order valence-electron chi connectivity index (χ3n) is 3.09. The molecular formula is C12H15ClO2S. The topological polar surface area (TPSA) is 34.1 Å². The molecule has 2 nitrogen and oxygen atoms in total. The average Bonchev–Trinajstić information content (AvgIpc) is 2.30. The monoisotopic (exact) mass is 258 g/mol. The molecule has 0 N–H and O–H groups in total. The Morgan fingerprint density at radius 3 is 2.31 bits per heavy atom. The number of alkyl halides is 1. The highest BCUT2D eigenvalue weighted by molar-refractivity contribution is 7.92. The van der Waals surface area contributed by atoms with Crippen LogP contribution >= 0.6 is 11.6 Å². The summed E-state index contributed by atoms with van der Waals surface area (Å²) in [7, 11) is -3.24. The maximum absolute atomic E-state index is 12.3. The van der Waals surface area contributed by atoms with Crippen molar-refractivity contribution in [2.75, 3.05) is 0 Å². The predicted molar refractivity (Wildman–Crippen MR) is 65.5 cm³/mol. The minimum Gasteiger partial charge on any atom is -0.223 e. The molecule has 4 heteroatoms. The van der Waals surface area contributed by atoms with Gasteiger partial charge in [0.2, 0.25) is 0 Å². The van der Waals surface area contributed by atoms with Crippen molar-refractivity contribution in [1.29, 1.82) is 0 Å². The first-order valence-corrected chi connectivity index (χ1v) is 7.53. The summed E-state index contributed by atoms with van der Waals surface area (Å²) in [5.74, 6) is 0. The molecule has 0 saturated heterocycles. The molecule has 0 heterocycles. The summed E-state index contributed by atoms with van der Waals surface area (Å²) in [6.45, 7) is 0. The van der Waals surface area contributed by atoms with E-state index >= 15 is 0 Å². The molecule has 2 rings (SSSR count). The molecule has 0 aromatic heterocycles. The van der Waals surface area contributed by atoms with Gasteiger partial charge in [-0.05, 0) is 25.0 Å². The van der Waals surface area contributed by atoms with E-state index in [1.54, 1.807) is 24.3 Å². The van der Waals surface area contributed by atoms with E-state index in [-0.39, 0.29) is 5.38 Å². The van der Waals surface area contributed by atoms with Crippen LogP contribution in [0.15, 0.2) is 35.2 Å². The van der Waals surface area contributed by atoms with Gasteiger partial charge in [0.1, 0.15) is 0 Å². The minimum absolute atomic E-state index is 0.237. The van der Waals surface area contributed by atoms with E-state index in [2.05, 4.69) is 0 Å². The molecule has 1 aromatic carbocycles. The highest BCUT2D eigenvalue weighted by Crippen LogP contribution is 2.31. The van der Waals surface area contributed by atoms with Crippen LogP contribution in [0.1, 0.15) is 25.7 Å². The van der Waals surface area contributed by atoms with Gasteiger partial charge in [0.05, 0.1) is 15.5 Å². The summed E-state index contributed by atoms with van der Waals surface area (Å²) < 4.78 is 24.6. The maximum Gasteiger partial charge on any atom is 0.182 e. The van der Waals surface area contributed by atoms with Crippen molar-refractivity contribution in [3.8, 4) is 0 Å². The van der Waals surface area contributed by atoms with Crippen molar-refractivity contribution in [1.82, 2.24) is 0 Å². The molecule has 2 atom stereocenters. The van der Waals surface area contributed by atoms with Gasteiger partial charge in [-0.1, -0.05) is 31.0 Å². The van der Waals surface area contributed by atoms with Gasteiger partial charge >= 0.3 is 0 Å². The smallest absolute Gasteiger partial charge is 0.182 e. The van der Waals surface area contributed by atoms with Gasteiger partial charge in [0.25, 0.3) is 0 Å². The van der Waals surface area contributed by atoms with E-state index in [4.69, 9.17) is 11.6 Å². The number of halogens is 1. The van der Waals surface area contributed by atoms with Crippen LogP contribution in [0.3, 0.4) is 0 Å². The first kappa shape index (κ1) is 11.9. The van der Waals surface area contributed by atoms with Gasteiger partial charge in [-0.3, -0.25) is 0 Å². The summed E-state index contributed by atoms with van der Waals surface area (Å²) in [5, 5.41) is -0.649. The second kappa shape index (κ2) is 4.76. The van der Waals surface area contributed by atoms with Crippen LogP contribution in [0.4, 0.5) is 0 Å². The summed E-state index contributed by atoms with van der Waals surface area (Å²) in [6, 6.07) is 8.61. The standard InChI is InChI=1S/C12H15ClO2S/c13-11-8-4-5-9-12(11)16(14,15)10-6-2-1-3-7-10/h1-3,6-7,11-12H,4-5,8-9H2/t11-,12+/m1/s1. The molecular weight excluding hydrogens is 244 g/mol. The molecule has 0 bridgehead atoms. The van der Waals surface area contributed by atoms with Gasteiger partial charge < -0.3 is 0 Å². The van der Waals surface area contributed by atoms with E-state index in [0.29, 0.717) is 11.3 Å². The van der Waals surface area contributed by atoms with Crippen LogP contribution in [0.5, 0.6) is 0 Å². The van der Waals surface area contributed by atoms with Crippen molar-refractivity contribution in [2.45, 2.75) is 41.2 Å². The van der Waals surface area contributed by atoms with Crippen molar-refractivity contribution in [3.05, 3.63) is 30.3 Å². The molecule has 1 aromatic rings. The molecule has 1 aliphatic carbocycles. The predicted octanol–water partition coefficient (Wildman–Crippen LogP) is 3.01. The second-order valence-electron chi connectivity index (χ2n) is 4.20. The van der Waals surface area contributed by atoms with Gasteiger partial charge in [-0.15, -0.1) is 11.6 Å². The Labute approximate surface area is 102 Å². The lowest BCUT2D eigenvalue weighted by Crippen LogP contribution is -2.33. The normalized spacial score (nSPS) is 26.6. The Hall–Kier alpha value is -0.540. The number of benzene rings is 1. The molecule has 1 aliphatic rings. The molecule has 16 heavy (non-hydrogen) atoms. The zero-order valence-corrected chi connectivity index (χ0v) is 10.5. The lowest BCUT2D eigenvalue weighted by Gasteiger charge is -2.26. The summed E-state index contributed by atoms with van der Waals surface area (Å²) in [5.41, 5.74) is 0. The van der Waals surface area contributed by atoms with Crippen LogP contribution < -0.4 is 0 Å². The average molecular weight is 259 g/mol. The van der Waals surface area contributed by atoms with Crippen LogP contribution in [-0.4, -0.2) is 19.0 Å². The number of rotatable bonds is 2. The summed E-state index contributed by atoms with van der Waals surface area (Å²) in [4.78, 5) is 0.396. The third kappa shape index (κ3) is 2.25. The third-order valence-corrected chi connectivity index (χ3v) is 6.05. The molecule has 0 amide bonds. The van der Waals surface area contributed by atoms with Gasteiger partial charge in [0, 0.05) is 0 Å². The minimum atomic E-state index is -3.24. The summed E-state index contributed by atoms with van der Waals surface area (Å²) in [6.07, 6.45) is 3.48. The Bertz CT molecular complexity index is 441. The highest BCUT2D eigenvalue weighted by atomic mass is 35.5. The first-order valence-electron chi connectivity index (χ1n) is 5.55. The van der Waals surface area contributed by atoms with Crippen LogP contribution in [-0.2, 0) is 9.84 Å². The molecule has 1 fully saturated rings. The summed E-state index contributed by atoms with van der Waals surface area (Å²) >= 11 is 6.14. The highest BCUT2D eigenvalue weighted by Gasteiger charge is 2.35. The lowest BCUT2D eigenvalue weighted by atomic mass is 10.00. The Morgan fingerprint density at radius 1 is 1.06 bits per heavy atom. The van der Waals surface area contributed by atoms with Crippen LogP contribution in [0.2, 0.25) is 0 Å². The molecule has 1 saturated carbocycles. The fraction of sp³-hybridized carbons (Fsp3) is 0.500. The van der Waals surface area contributed by atoms with Crippen molar-refractivity contribution >= 4 is 21.4 Å². The Balaban J connectivity index is 2.32. The molecule has 0 radical (unpaired) electrons. The van der Waals surface area contributed by atoms with Gasteiger partial charge in [-0.2, -0.15) is 0 Å². The van der Waals surface area contributed by atoms with E-state index in [9.17, 15) is 8.42 Å². The quantitative estimate of drug-likeness (QED) is 0.765. The molecule has 0 spiro atoms. The van der Waals surface area contributed by atoms with Crippen molar-refractivity contribution in [2.24, 2.45) is 0 Å². The van der Waals surface area contributed by atoms with Gasteiger partial charge in [0.15, 0.2) is 9.84 Å². The number of hydrogen-bond acceptors (Lipinski definition) is 2. The van der Waals surface area contributed by atoms with Crippen LogP contribution in [0, 0.1) is 0 Å². The van der Waals surface area contributed by atoms with Gasteiger partial charge in [-0.25, -0.2) is 8.42 Å². The van der Waals surface area contributed by atoms with Crippen molar-refractivity contribution < 1.29 is 8.42 Å². The Kier molecular flexibility index (Phi) is 3.55. The zero-order chi connectivity index (χ0) is 11.6. The zero-order valence-electron chi connectivity index (χ0n) is 8.97. The SMILES string of the molecule is O=S(=O)(c1ccccc1)[C@H]1CCCC[C@H]1Cl.